The molecule has 102 valence electrons. The number of rotatable bonds is 3. The van der Waals surface area contributed by atoms with E-state index in [1.165, 1.54) is 5.82 Å². The van der Waals surface area contributed by atoms with Gasteiger partial charge in [0.25, 0.3) is 0 Å². The molecule has 0 bridgehead atoms. The molecule has 1 atom stereocenters. The quantitative estimate of drug-likeness (QED) is 0.877. The molecule has 0 spiro atoms. The zero-order valence-electron chi connectivity index (χ0n) is 12.1. The zero-order valence-corrected chi connectivity index (χ0v) is 12.1. The predicted octanol–water partition coefficient (Wildman–Crippen LogP) is 1.28. The second-order valence-electron chi connectivity index (χ2n) is 6.38. The molecule has 0 saturated carbocycles. The molecule has 18 heavy (non-hydrogen) atoms. The van der Waals surface area contributed by atoms with Crippen molar-refractivity contribution in [1.29, 1.82) is 0 Å². The Bertz CT molecular complexity index is 377. The van der Waals surface area contributed by atoms with Gasteiger partial charge in [0.1, 0.15) is 5.82 Å². The summed E-state index contributed by atoms with van der Waals surface area (Å²) in [6, 6.07) is 0.590. The average molecular weight is 250 g/mol. The SMILES string of the molecule is Cn1ccnc1CCN1CCNC(C(C)(C)C)C1. The molecular formula is C14H26N4. The molecule has 1 aliphatic heterocycles. The molecule has 0 aromatic carbocycles. The molecule has 2 heterocycles. The molecule has 0 aliphatic carbocycles. The Morgan fingerprint density at radius 3 is 2.83 bits per heavy atom. The largest absolute Gasteiger partial charge is 0.338 e. The molecule has 1 N–H and O–H groups in total. The van der Waals surface area contributed by atoms with Gasteiger partial charge in [-0.2, -0.15) is 0 Å². The molecule has 2 rings (SSSR count). The van der Waals surface area contributed by atoms with Gasteiger partial charge >= 0.3 is 0 Å². The highest BCUT2D eigenvalue weighted by atomic mass is 15.2. The maximum Gasteiger partial charge on any atom is 0.109 e. The number of hydrogen-bond donors (Lipinski definition) is 1. The van der Waals surface area contributed by atoms with Crippen molar-refractivity contribution in [2.75, 3.05) is 26.2 Å². The normalized spacial score (nSPS) is 22.3. The third kappa shape index (κ3) is 3.33. The fourth-order valence-corrected chi connectivity index (χ4v) is 2.49. The van der Waals surface area contributed by atoms with E-state index in [1.807, 2.05) is 12.4 Å². The number of imidazole rings is 1. The van der Waals surface area contributed by atoms with Gasteiger partial charge in [-0.1, -0.05) is 20.8 Å². The molecule has 4 heteroatoms. The summed E-state index contributed by atoms with van der Waals surface area (Å²) < 4.78 is 2.11. The molecular weight excluding hydrogens is 224 g/mol. The van der Waals surface area contributed by atoms with E-state index in [9.17, 15) is 0 Å². The van der Waals surface area contributed by atoms with Crippen molar-refractivity contribution in [3.63, 3.8) is 0 Å². The summed E-state index contributed by atoms with van der Waals surface area (Å²) in [5.74, 6) is 1.18. The van der Waals surface area contributed by atoms with Crippen LogP contribution in [0.4, 0.5) is 0 Å². The van der Waals surface area contributed by atoms with Gasteiger partial charge in [0.05, 0.1) is 0 Å². The number of aromatic nitrogens is 2. The fourth-order valence-electron chi connectivity index (χ4n) is 2.49. The van der Waals surface area contributed by atoms with Crippen LogP contribution >= 0.6 is 0 Å². The highest BCUT2D eigenvalue weighted by Gasteiger charge is 2.28. The lowest BCUT2D eigenvalue weighted by Gasteiger charge is -2.40. The molecule has 1 aromatic heterocycles. The molecule has 1 saturated heterocycles. The highest BCUT2D eigenvalue weighted by Crippen LogP contribution is 2.21. The summed E-state index contributed by atoms with van der Waals surface area (Å²) >= 11 is 0. The predicted molar refractivity (Wildman–Crippen MR) is 74.6 cm³/mol. The zero-order chi connectivity index (χ0) is 13.2. The topological polar surface area (TPSA) is 33.1 Å². The Hall–Kier alpha value is -0.870. The standard InChI is InChI=1S/C14H26N4/c1-14(2,3)12-11-18(10-7-15-12)8-5-13-16-6-9-17(13)4/h6,9,12,15H,5,7-8,10-11H2,1-4H3. The first-order valence-electron chi connectivity index (χ1n) is 6.89. The second kappa shape index (κ2) is 5.41. The van der Waals surface area contributed by atoms with E-state index in [2.05, 4.69) is 47.6 Å². The minimum absolute atomic E-state index is 0.335. The Morgan fingerprint density at radius 1 is 1.44 bits per heavy atom. The highest BCUT2D eigenvalue weighted by molar-refractivity contribution is 4.93. The lowest BCUT2D eigenvalue weighted by molar-refractivity contribution is 0.135. The van der Waals surface area contributed by atoms with E-state index in [0.29, 0.717) is 11.5 Å². The number of nitrogens with zero attached hydrogens (tertiary/aromatic N) is 3. The summed E-state index contributed by atoms with van der Waals surface area (Å²) in [7, 11) is 2.07. The summed E-state index contributed by atoms with van der Waals surface area (Å²) in [5, 5.41) is 3.63. The molecule has 1 aliphatic rings. The van der Waals surface area contributed by atoms with Crippen LogP contribution in [-0.2, 0) is 13.5 Å². The summed E-state index contributed by atoms with van der Waals surface area (Å²) in [5.41, 5.74) is 0.335. The summed E-state index contributed by atoms with van der Waals surface area (Å²) in [6.07, 6.45) is 4.94. The van der Waals surface area contributed by atoms with Gasteiger partial charge in [0.2, 0.25) is 0 Å². The Labute approximate surface area is 110 Å². The van der Waals surface area contributed by atoms with Crippen LogP contribution < -0.4 is 5.32 Å². The van der Waals surface area contributed by atoms with Crippen LogP contribution in [0.25, 0.3) is 0 Å². The van der Waals surface area contributed by atoms with Crippen LogP contribution in [0.5, 0.6) is 0 Å². The van der Waals surface area contributed by atoms with E-state index >= 15 is 0 Å². The van der Waals surface area contributed by atoms with Crippen molar-refractivity contribution in [1.82, 2.24) is 19.8 Å². The van der Waals surface area contributed by atoms with Crippen molar-refractivity contribution in [2.24, 2.45) is 12.5 Å². The van der Waals surface area contributed by atoms with Crippen molar-refractivity contribution < 1.29 is 0 Å². The van der Waals surface area contributed by atoms with Gasteiger partial charge in [-0.25, -0.2) is 4.98 Å². The van der Waals surface area contributed by atoms with Crippen LogP contribution in [0.1, 0.15) is 26.6 Å². The van der Waals surface area contributed by atoms with E-state index in [-0.39, 0.29) is 0 Å². The first kappa shape index (κ1) is 13.6. The lowest BCUT2D eigenvalue weighted by Crippen LogP contribution is -2.56. The second-order valence-corrected chi connectivity index (χ2v) is 6.38. The van der Waals surface area contributed by atoms with E-state index in [1.54, 1.807) is 0 Å². The Balaban J connectivity index is 1.85. The molecule has 1 unspecified atom stereocenters. The van der Waals surface area contributed by atoms with Crippen molar-refractivity contribution in [2.45, 2.75) is 33.2 Å². The van der Waals surface area contributed by atoms with Crippen LogP contribution in [0.3, 0.4) is 0 Å². The molecule has 0 radical (unpaired) electrons. The average Bonchev–Trinajstić information content (AvgIpc) is 2.72. The molecule has 0 amide bonds. The van der Waals surface area contributed by atoms with Gasteiger partial charge in [-0.3, -0.25) is 0 Å². The number of piperazine rings is 1. The van der Waals surface area contributed by atoms with Crippen LogP contribution in [-0.4, -0.2) is 46.7 Å². The maximum absolute atomic E-state index is 4.39. The number of hydrogen-bond acceptors (Lipinski definition) is 3. The fraction of sp³-hybridized carbons (Fsp3) is 0.786. The first-order valence-corrected chi connectivity index (χ1v) is 6.89. The number of aryl methyl sites for hydroxylation is 1. The third-order valence-electron chi connectivity index (χ3n) is 3.88. The molecule has 1 aromatic rings. The maximum atomic E-state index is 4.39. The summed E-state index contributed by atoms with van der Waals surface area (Å²) in [4.78, 5) is 6.95. The van der Waals surface area contributed by atoms with Crippen molar-refractivity contribution in [3.05, 3.63) is 18.2 Å². The van der Waals surface area contributed by atoms with Crippen LogP contribution in [0, 0.1) is 5.41 Å². The smallest absolute Gasteiger partial charge is 0.109 e. The van der Waals surface area contributed by atoms with E-state index < -0.39 is 0 Å². The van der Waals surface area contributed by atoms with Crippen molar-refractivity contribution >= 4 is 0 Å². The minimum Gasteiger partial charge on any atom is -0.338 e. The van der Waals surface area contributed by atoms with Gasteiger partial charge in [-0.15, -0.1) is 0 Å². The van der Waals surface area contributed by atoms with E-state index in [0.717, 1.165) is 32.6 Å². The molecule has 1 fully saturated rings. The first-order chi connectivity index (χ1) is 8.47. The van der Waals surface area contributed by atoms with Crippen LogP contribution in [0.15, 0.2) is 12.4 Å². The van der Waals surface area contributed by atoms with E-state index in [4.69, 9.17) is 0 Å². The molecule has 4 nitrogen and oxygen atoms in total. The van der Waals surface area contributed by atoms with Crippen LogP contribution in [0.2, 0.25) is 0 Å². The minimum atomic E-state index is 0.335. The third-order valence-corrected chi connectivity index (χ3v) is 3.88. The summed E-state index contributed by atoms with van der Waals surface area (Å²) in [6.45, 7) is 11.4. The van der Waals surface area contributed by atoms with Gasteiger partial charge in [-0.05, 0) is 5.41 Å². The van der Waals surface area contributed by atoms with Gasteiger partial charge in [0, 0.05) is 58.1 Å². The van der Waals surface area contributed by atoms with Gasteiger partial charge < -0.3 is 14.8 Å². The van der Waals surface area contributed by atoms with Gasteiger partial charge in [0.15, 0.2) is 0 Å². The number of nitrogens with one attached hydrogen (secondary N) is 1. The Kier molecular flexibility index (Phi) is 4.07. The lowest BCUT2D eigenvalue weighted by atomic mass is 9.85. The monoisotopic (exact) mass is 250 g/mol. The van der Waals surface area contributed by atoms with Crippen molar-refractivity contribution in [3.8, 4) is 0 Å². The Morgan fingerprint density at radius 2 is 2.22 bits per heavy atom.